The molecule has 1 aliphatic rings. The van der Waals surface area contributed by atoms with Crippen molar-refractivity contribution >= 4 is 17.3 Å². The molecule has 0 aliphatic heterocycles. The van der Waals surface area contributed by atoms with Crippen molar-refractivity contribution in [2.45, 2.75) is 31.4 Å². The first-order chi connectivity index (χ1) is 12.9. The smallest absolute Gasteiger partial charge is 0.395 e. The van der Waals surface area contributed by atoms with Crippen molar-refractivity contribution in [2.24, 2.45) is 0 Å². The molecule has 3 aromatic rings. The molecule has 0 amide bonds. The number of carbonyl (C=O) groups is 1. The maximum absolute atomic E-state index is 13.7. The van der Waals surface area contributed by atoms with Gasteiger partial charge >= 0.3 is 12.1 Å². The molecule has 1 atom stereocenters. The van der Waals surface area contributed by atoms with Gasteiger partial charge in [0.1, 0.15) is 0 Å². The van der Waals surface area contributed by atoms with Crippen molar-refractivity contribution in [3.63, 3.8) is 0 Å². The molecule has 1 aliphatic carbocycles. The van der Waals surface area contributed by atoms with Gasteiger partial charge in [-0.15, -0.1) is 11.3 Å². The Balaban J connectivity index is 1.94. The van der Waals surface area contributed by atoms with Gasteiger partial charge in [-0.2, -0.15) is 18.3 Å². The average Bonchev–Trinajstić information content (AvgIpc) is 3.26. The van der Waals surface area contributed by atoms with Crippen LogP contribution in [0.1, 0.15) is 40.5 Å². The summed E-state index contributed by atoms with van der Waals surface area (Å²) in [5.74, 6) is -2.78. The number of hydrogen-bond donors (Lipinski definition) is 1. The van der Waals surface area contributed by atoms with Crippen molar-refractivity contribution < 1.29 is 23.1 Å². The molecule has 1 unspecified atom stereocenters. The fourth-order valence-corrected chi connectivity index (χ4v) is 4.22. The third kappa shape index (κ3) is 3.12. The number of thiazole rings is 1. The number of carboxylic acids is 1. The molecule has 0 bridgehead atoms. The summed E-state index contributed by atoms with van der Waals surface area (Å²) in [6.07, 6.45) is -3.54. The predicted octanol–water partition coefficient (Wildman–Crippen LogP) is 4.68. The van der Waals surface area contributed by atoms with E-state index in [1.54, 1.807) is 30.3 Å². The van der Waals surface area contributed by atoms with Crippen molar-refractivity contribution in [1.82, 2.24) is 14.8 Å². The van der Waals surface area contributed by atoms with Crippen LogP contribution in [0.2, 0.25) is 0 Å². The van der Waals surface area contributed by atoms with E-state index in [2.05, 4.69) is 10.1 Å². The van der Waals surface area contributed by atoms with Crippen molar-refractivity contribution in [3.05, 3.63) is 52.7 Å². The topological polar surface area (TPSA) is 68.0 Å². The molecule has 27 heavy (non-hydrogen) atoms. The van der Waals surface area contributed by atoms with E-state index in [-0.39, 0.29) is 28.5 Å². The van der Waals surface area contributed by atoms with Gasteiger partial charge in [0.05, 0.1) is 17.3 Å². The van der Waals surface area contributed by atoms with Gasteiger partial charge in [-0.25, -0.2) is 14.5 Å². The van der Waals surface area contributed by atoms with Crippen LogP contribution < -0.4 is 0 Å². The van der Waals surface area contributed by atoms with Crippen molar-refractivity contribution in [3.8, 4) is 16.4 Å². The van der Waals surface area contributed by atoms with E-state index in [0.29, 0.717) is 24.1 Å². The lowest BCUT2D eigenvalue weighted by molar-refractivity contribution is -0.153. The first-order valence-electron chi connectivity index (χ1n) is 8.29. The second kappa shape index (κ2) is 6.49. The highest BCUT2D eigenvalue weighted by molar-refractivity contribution is 7.12. The van der Waals surface area contributed by atoms with Crippen molar-refractivity contribution in [1.29, 1.82) is 0 Å². The second-order valence-electron chi connectivity index (χ2n) is 6.29. The van der Waals surface area contributed by atoms with Gasteiger partial charge in [0.25, 0.3) is 0 Å². The van der Waals surface area contributed by atoms with Gasteiger partial charge in [-0.3, -0.25) is 0 Å². The molecule has 0 fully saturated rings. The maximum Gasteiger partial charge on any atom is 0.395 e. The molecule has 0 saturated heterocycles. The third-order valence-electron chi connectivity index (χ3n) is 4.61. The molecular weight excluding hydrogens is 379 g/mol. The van der Waals surface area contributed by atoms with E-state index in [0.717, 1.165) is 11.3 Å². The van der Waals surface area contributed by atoms with Crippen LogP contribution in [0.25, 0.3) is 16.4 Å². The van der Waals surface area contributed by atoms with Crippen LogP contribution in [0.15, 0.2) is 35.7 Å². The highest BCUT2D eigenvalue weighted by atomic mass is 32.1. The minimum absolute atomic E-state index is 0.0142. The molecule has 0 saturated carbocycles. The Hall–Kier alpha value is -2.68. The summed E-state index contributed by atoms with van der Waals surface area (Å²) < 4.78 is 42.5. The lowest BCUT2D eigenvalue weighted by Crippen LogP contribution is -2.25. The van der Waals surface area contributed by atoms with E-state index in [9.17, 15) is 18.0 Å². The van der Waals surface area contributed by atoms with Crippen LogP contribution in [0, 0.1) is 0 Å². The Kier molecular flexibility index (Phi) is 4.26. The minimum atomic E-state index is -4.37. The summed E-state index contributed by atoms with van der Waals surface area (Å²) in [5, 5.41) is 15.1. The van der Waals surface area contributed by atoms with E-state index in [4.69, 9.17) is 5.11 Å². The number of aromatic nitrogens is 3. The number of rotatable bonds is 3. The van der Waals surface area contributed by atoms with Crippen LogP contribution in [0.3, 0.4) is 0 Å². The summed E-state index contributed by atoms with van der Waals surface area (Å²) in [4.78, 5) is 15.1. The molecule has 140 valence electrons. The van der Waals surface area contributed by atoms with Crippen LogP contribution in [0.4, 0.5) is 13.2 Å². The number of aromatic carboxylic acids is 1. The predicted molar refractivity (Wildman–Crippen MR) is 93.4 cm³/mol. The molecule has 1 aromatic carbocycles. The quantitative estimate of drug-likeness (QED) is 0.702. The Morgan fingerprint density at radius 3 is 2.63 bits per heavy atom. The third-order valence-corrected chi connectivity index (χ3v) is 5.43. The normalized spacial score (nSPS) is 16.9. The molecule has 0 spiro atoms. The summed E-state index contributed by atoms with van der Waals surface area (Å²) in [6.45, 7) is 0. The number of benzene rings is 1. The zero-order valence-electron chi connectivity index (χ0n) is 13.9. The molecule has 1 N–H and O–H groups in total. The van der Waals surface area contributed by atoms with Gasteiger partial charge in [0.2, 0.25) is 5.13 Å². The zero-order valence-corrected chi connectivity index (χ0v) is 14.7. The van der Waals surface area contributed by atoms with Crippen LogP contribution in [-0.4, -0.2) is 32.0 Å². The fraction of sp³-hybridized carbons (Fsp3) is 0.278. The number of hydrogen-bond acceptors (Lipinski definition) is 4. The van der Waals surface area contributed by atoms with Gasteiger partial charge < -0.3 is 5.11 Å². The minimum Gasteiger partial charge on any atom is -0.476 e. The SMILES string of the molecule is O=C(O)c1csc(-n2nc(-c3ccccc3)c3c2CCCC3C(F)(F)F)n1. The molecule has 0 radical (unpaired) electrons. The number of fused-ring (bicyclic) bond motifs is 1. The van der Waals surface area contributed by atoms with Crippen LogP contribution >= 0.6 is 11.3 Å². The van der Waals surface area contributed by atoms with Crippen LogP contribution in [-0.2, 0) is 6.42 Å². The fourth-order valence-electron chi connectivity index (χ4n) is 3.44. The highest BCUT2D eigenvalue weighted by Crippen LogP contribution is 2.47. The Morgan fingerprint density at radius 1 is 1.26 bits per heavy atom. The van der Waals surface area contributed by atoms with E-state index >= 15 is 0 Å². The van der Waals surface area contributed by atoms with Crippen molar-refractivity contribution in [2.75, 3.05) is 0 Å². The zero-order chi connectivity index (χ0) is 19.2. The number of carboxylic acid groups (broad SMARTS) is 1. The Labute approximate surface area is 156 Å². The standard InChI is InChI=1S/C18H14F3N3O2S/c19-18(20,21)11-7-4-8-13-14(11)15(10-5-2-1-3-6-10)23-24(13)17-22-12(9-27-17)16(25)26/h1-3,5-6,9,11H,4,7-8H2,(H,25,26). The summed E-state index contributed by atoms with van der Waals surface area (Å²) in [6, 6.07) is 8.73. The van der Waals surface area contributed by atoms with Crippen LogP contribution in [0.5, 0.6) is 0 Å². The molecule has 5 nitrogen and oxygen atoms in total. The average molecular weight is 393 g/mol. The first-order valence-corrected chi connectivity index (χ1v) is 9.17. The molecule has 4 rings (SSSR count). The summed E-state index contributed by atoms with van der Waals surface area (Å²) >= 11 is 1.05. The van der Waals surface area contributed by atoms with Gasteiger partial charge in [0, 0.05) is 16.5 Å². The lowest BCUT2D eigenvalue weighted by atomic mass is 9.83. The highest BCUT2D eigenvalue weighted by Gasteiger charge is 2.46. The van der Waals surface area contributed by atoms with E-state index < -0.39 is 18.1 Å². The van der Waals surface area contributed by atoms with E-state index in [1.165, 1.54) is 10.1 Å². The summed E-state index contributed by atoms with van der Waals surface area (Å²) in [7, 11) is 0. The molecular formula is C18H14F3N3O2S. The van der Waals surface area contributed by atoms with Gasteiger partial charge in [0.15, 0.2) is 5.69 Å². The monoisotopic (exact) mass is 393 g/mol. The maximum atomic E-state index is 13.7. The largest absolute Gasteiger partial charge is 0.476 e. The van der Waals surface area contributed by atoms with E-state index in [1.807, 2.05) is 0 Å². The molecule has 2 heterocycles. The molecule has 2 aromatic heterocycles. The Morgan fingerprint density at radius 2 is 2.00 bits per heavy atom. The first kappa shape index (κ1) is 17.7. The number of nitrogens with zero attached hydrogens (tertiary/aromatic N) is 3. The number of alkyl halides is 3. The van der Waals surface area contributed by atoms with Gasteiger partial charge in [-0.1, -0.05) is 30.3 Å². The second-order valence-corrected chi connectivity index (χ2v) is 7.13. The Bertz CT molecular complexity index is 995. The van der Waals surface area contributed by atoms with Gasteiger partial charge in [-0.05, 0) is 19.3 Å². The molecule has 9 heteroatoms. The number of halogens is 3. The summed E-state index contributed by atoms with van der Waals surface area (Å²) in [5.41, 5.74) is 1.35. The lowest BCUT2D eigenvalue weighted by Gasteiger charge is -2.26.